The molecule has 0 aromatic heterocycles. The first-order chi connectivity index (χ1) is 12.4. The number of methoxy groups -OCH3 is 1. The molecule has 1 aliphatic rings. The van der Waals surface area contributed by atoms with Gasteiger partial charge in [0.15, 0.2) is 23.2 Å². The van der Waals surface area contributed by atoms with Crippen molar-refractivity contribution in [3.05, 3.63) is 33.4 Å². The second-order valence-corrected chi connectivity index (χ2v) is 6.53. The van der Waals surface area contributed by atoms with Gasteiger partial charge in [-0.1, -0.05) is 0 Å². The molecule has 1 atom stereocenters. The van der Waals surface area contributed by atoms with E-state index in [4.69, 9.17) is 31.7 Å². The molecule has 2 rings (SSSR count). The maximum Gasteiger partial charge on any atom is 0.338 e. The van der Waals surface area contributed by atoms with Gasteiger partial charge in [0.05, 0.1) is 29.8 Å². The fraction of sp³-hybridized carbons (Fsp3) is 0.353. The van der Waals surface area contributed by atoms with Gasteiger partial charge in [-0.15, -0.1) is 0 Å². The van der Waals surface area contributed by atoms with Crippen molar-refractivity contribution in [1.82, 2.24) is 10.6 Å². The highest BCUT2D eigenvalue weighted by Crippen LogP contribution is 2.40. The van der Waals surface area contributed by atoms with Gasteiger partial charge in [0, 0.05) is 5.70 Å². The van der Waals surface area contributed by atoms with Crippen LogP contribution in [0.1, 0.15) is 25.5 Å². The van der Waals surface area contributed by atoms with Crippen molar-refractivity contribution in [3.8, 4) is 17.6 Å². The van der Waals surface area contributed by atoms with Crippen LogP contribution in [0.5, 0.6) is 11.5 Å². The Morgan fingerprint density at radius 2 is 2.19 bits per heavy atom. The summed E-state index contributed by atoms with van der Waals surface area (Å²) >= 11 is 8.66. The quantitative estimate of drug-likeness (QED) is 0.516. The molecule has 0 bridgehead atoms. The Bertz CT molecular complexity index is 804. The van der Waals surface area contributed by atoms with Crippen LogP contribution in [-0.4, -0.2) is 31.4 Å². The van der Waals surface area contributed by atoms with Gasteiger partial charge in [-0.05, 0) is 59.7 Å². The number of benzene rings is 1. The average Bonchev–Trinajstić information content (AvgIpc) is 2.59. The number of carbonyl (C=O) groups excluding carboxylic acids is 1. The smallest absolute Gasteiger partial charge is 0.338 e. The lowest BCUT2D eigenvalue weighted by Crippen LogP contribution is -2.45. The molecule has 0 aliphatic carbocycles. The first kappa shape index (κ1) is 20.0. The summed E-state index contributed by atoms with van der Waals surface area (Å²) in [6.07, 6.45) is 0. The SMILES string of the molecule is CCOC(=O)C1=C(C)NC(=S)N[C@H]1c1cc(Br)c(OCC#N)c(OC)c1. The van der Waals surface area contributed by atoms with Gasteiger partial charge in [-0.3, -0.25) is 0 Å². The molecule has 2 N–H and O–H groups in total. The normalized spacial score (nSPS) is 16.3. The van der Waals surface area contributed by atoms with Crippen molar-refractivity contribution >= 4 is 39.2 Å². The van der Waals surface area contributed by atoms with Crippen LogP contribution in [0.25, 0.3) is 0 Å². The van der Waals surface area contributed by atoms with Crippen LogP contribution >= 0.6 is 28.1 Å². The average molecular weight is 440 g/mol. The van der Waals surface area contributed by atoms with Crippen molar-refractivity contribution in [1.29, 1.82) is 5.26 Å². The van der Waals surface area contributed by atoms with Crippen molar-refractivity contribution in [2.45, 2.75) is 19.9 Å². The zero-order valence-corrected chi connectivity index (χ0v) is 16.9. The van der Waals surface area contributed by atoms with Crippen LogP contribution in [-0.2, 0) is 9.53 Å². The number of esters is 1. The maximum atomic E-state index is 12.4. The van der Waals surface area contributed by atoms with E-state index in [2.05, 4.69) is 26.6 Å². The highest BCUT2D eigenvalue weighted by atomic mass is 79.9. The number of nitrogens with zero attached hydrogens (tertiary/aromatic N) is 1. The summed E-state index contributed by atoms with van der Waals surface area (Å²) in [5.74, 6) is 0.404. The van der Waals surface area contributed by atoms with Crippen LogP contribution in [0.3, 0.4) is 0 Å². The second-order valence-electron chi connectivity index (χ2n) is 5.27. The Labute approximate surface area is 165 Å². The van der Waals surface area contributed by atoms with E-state index in [1.165, 1.54) is 7.11 Å². The van der Waals surface area contributed by atoms with Gasteiger partial charge in [-0.2, -0.15) is 5.26 Å². The Kier molecular flexibility index (Phi) is 6.83. The number of nitrogens with one attached hydrogen (secondary N) is 2. The Balaban J connectivity index is 2.52. The molecule has 1 heterocycles. The summed E-state index contributed by atoms with van der Waals surface area (Å²) in [4.78, 5) is 12.4. The molecule has 0 fully saturated rings. The van der Waals surface area contributed by atoms with E-state index in [0.29, 0.717) is 32.4 Å². The standard InChI is InChI=1S/C17H18BrN3O4S/c1-4-24-16(22)13-9(2)20-17(26)21-14(13)10-7-11(18)15(25-6-5-19)12(8-10)23-3/h7-8,14H,4,6H2,1-3H3,(H2,20,21,26)/t14-/m0/s1. The molecule has 7 nitrogen and oxygen atoms in total. The number of allylic oxidation sites excluding steroid dienone is 1. The molecule has 1 aromatic rings. The molecule has 1 aliphatic heterocycles. The number of nitriles is 1. The molecular weight excluding hydrogens is 422 g/mol. The van der Waals surface area contributed by atoms with E-state index in [-0.39, 0.29) is 13.2 Å². The largest absolute Gasteiger partial charge is 0.493 e. The first-order valence-corrected chi connectivity index (χ1v) is 8.95. The molecule has 1 aromatic carbocycles. The summed E-state index contributed by atoms with van der Waals surface area (Å²) in [6.45, 7) is 3.67. The highest BCUT2D eigenvalue weighted by Gasteiger charge is 2.32. The van der Waals surface area contributed by atoms with E-state index >= 15 is 0 Å². The molecular formula is C17H18BrN3O4S. The van der Waals surface area contributed by atoms with Crippen molar-refractivity contribution < 1.29 is 19.0 Å². The Morgan fingerprint density at radius 1 is 1.46 bits per heavy atom. The number of ether oxygens (including phenoxy) is 3. The van der Waals surface area contributed by atoms with Gasteiger partial charge in [0.25, 0.3) is 0 Å². The number of carbonyl (C=O) groups is 1. The zero-order chi connectivity index (χ0) is 19.3. The van der Waals surface area contributed by atoms with Crippen molar-refractivity contribution in [2.24, 2.45) is 0 Å². The fourth-order valence-corrected chi connectivity index (χ4v) is 3.42. The summed E-state index contributed by atoms with van der Waals surface area (Å²) in [6, 6.07) is 4.92. The number of hydrogen-bond acceptors (Lipinski definition) is 6. The molecule has 0 unspecified atom stereocenters. The molecule has 0 amide bonds. The Morgan fingerprint density at radius 3 is 2.81 bits per heavy atom. The van der Waals surface area contributed by atoms with Gasteiger partial charge < -0.3 is 24.8 Å². The summed E-state index contributed by atoms with van der Waals surface area (Å²) in [7, 11) is 1.50. The second kappa shape index (κ2) is 8.87. The van der Waals surface area contributed by atoms with E-state index < -0.39 is 12.0 Å². The monoisotopic (exact) mass is 439 g/mol. The molecule has 0 saturated carbocycles. The van der Waals surface area contributed by atoms with Gasteiger partial charge in [0.1, 0.15) is 6.07 Å². The third-order valence-corrected chi connectivity index (χ3v) is 4.44. The lowest BCUT2D eigenvalue weighted by atomic mass is 9.95. The highest BCUT2D eigenvalue weighted by molar-refractivity contribution is 9.10. The number of halogens is 1. The third kappa shape index (κ3) is 4.26. The van der Waals surface area contributed by atoms with E-state index in [1.54, 1.807) is 26.0 Å². The third-order valence-electron chi connectivity index (χ3n) is 3.63. The summed E-state index contributed by atoms with van der Waals surface area (Å²) in [5, 5.41) is 15.2. The van der Waals surface area contributed by atoms with Gasteiger partial charge >= 0.3 is 5.97 Å². The fourth-order valence-electron chi connectivity index (χ4n) is 2.57. The van der Waals surface area contributed by atoms with Gasteiger partial charge in [-0.25, -0.2) is 4.79 Å². The van der Waals surface area contributed by atoms with Crippen molar-refractivity contribution in [2.75, 3.05) is 20.3 Å². The molecule has 26 heavy (non-hydrogen) atoms. The molecule has 0 radical (unpaired) electrons. The van der Waals surface area contributed by atoms with Crippen LogP contribution in [0.4, 0.5) is 0 Å². The van der Waals surface area contributed by atoms with Crippen LogP contribution in [0.2, 0.25) is 0 Å². The number of hydrogen-bond donors (Lipinski definition) is 2. The van der Waals surface area contributed by atoms with E-state index in [9.17, 15) is 4.79 Å². The predicted octanol–water partition coefficient (Wildman–Crippen LogP) is 2.72. The minimum absolute atomic E-state index is 0.114. The minimum atomic E-state index is -0.516. The topological polar surface area (TPSA) is 92.6 Å². The molecule has 0 spiro atoms. The van der Waals surface area contributed by atoms with Crippen LogP contribution < -0.4 is 20.1 Å². The summed E-state index contributed by atoms with van der Waals surface area (Å²) in [5.41, 5.74) is 1.78. The van der Waals surface area contributed by atoms with Crippen LogP contribution in [0.15, 0.2) is 27.9 Å². The first-order valence-electron chi connectivity index (χ1n) is 7.75. The molecule has 9 heteroatoms. The predicted molar refractivity (Wildman–Crippen MR) is 103 cm³/mol. The molecule has 0 saturated heterocycles. The molecule has 138 valence electrons. The Hall–Kier alpha value is -2.31. The number of thiocarbonyl (C=S) groups is 1. The lowest BCUT2D eigenvalue weighted by Gasteiger charge is -2.30. The number of rotatable bonds is 6. The van der Waals surface area contributed by atoms with E-state index in [0.717, 1.165) is 5.56 Å². The minimum Gasteiger partial charge on any atom is -0.493 e. The lowest BCUT2D eigenvalue weighted by molar-refractivity contribution is -0.139. The van der Waals surface area contributed by atoms with Crippen molar-refractivity contribution in [3.63, 3.8) is 0 Å². The maximum absolute atomic E-state index is 12.4. The van der Waals surface area contributed by atoms with Gasteiger partial charge in [0.2, 0.25) is 0 Å². The van der Waals surface area contributed by atoms with Crippen LogP contribution in [0, 0.1) is 11.3 Å². The van der Waals surface area contributed by atoms with E-state index in [1.807, 2.05) is 6.07 Å². The zero-order valence-electron chi connectivity index (χ0n) is 14.5. The summed E-state index contributed by atoms with van der Waals surface area (Å²) < 4.78 is 16.6.